The predicted molar refractivity (Wildman–Crippen MR) is 259 cm³/mol. The summed E-state index contributed by atoms with van der Waals surface area (Å²) in [5.41, 5.74) is 17.1. The van der Waals surface area contributed by atoms with Gasteiger partial charge in [-0.15, -0.1) is 0 Å². The Bertz CT molecular complexity index is 3460. The first-order valence-electron chi connectivity index (χ1n) is 21.1. The molecule has 0 bridgehead atoms. The van der Waals surface area contributed by atoms with Crippen molar-refractivity contribution < 1.29 is 8.83 Å². The molecule has 0 fully saturated rings. The number of rotatable bonds is 6. The van der Waals surface area contributed by atoms with Crippen LogP contribution in [0.5, 0.6) is 0 Å². The molecule has 0 saturated carbocycles. The monoisotopic (exact) mass is 801 g/mol. The highest BCUT2D eigenvalue weighted by Crippen LogP contribution is 2.45. The van der Waals surface area contributed by atoms with E-state index in [0.29, 0.717) is 16.7 Å². The molecule has 9 aromatic carbocycles. The molecule has 0 saturated heterocycles. The molecule has 5 heteroatoms. The molecule has 0 spiro atoms. The predicted octanol–water partition coefficient (Wildman–Crippen LogP) is 16.5. The third-order valence-electron chi connectivity index (χ3n) is 12.6. The van der Waals surface area contributed by atoms with Gasteiger partial charge in [0.2, 0.25) is 0 Å². The van der Waals surface area contributed by atoms with E-state index in [1.807, 2.05) is 6.07 Å². The number of furan rings is 2. The number of hydrogen-bond donors (Lipinski definition) is 0. The Hall–Kier alpha value is -7.81. The number of nitriles is 1. The Morgan fingerprint density at radius 3 is 1.26 bits per heavy atom. The van der Waals surface area contributed by atoms with Gasteiger partial charge in [-0.3, -0.25) is 0 Å². The van der Waals surface area contributed by atoms with E-state index in [0.717, 1.165) is 88.4 Å². The third-order valence-corrected chi connectivity index (χ3v) is 12.6. The molecule has 0 atom stereocenters. The van der Waals surface area contributed by atoms with Gasteiger partial charge in [-0.05, 0) is 169 Å². The fraction of sp³-hybridized carbons (Fsp3) is 0.105. The fourth-order valence-corrected chi connectivity index (χ4v) is 9.41. The van der Waals surface area contributed by atoms with Gasteiger partial charge < -0.3 is 18.6 Å². The van der Waals surface area contributed by atoms with Crippen LogP contribution in [0, 0.1) is 52.9 Å². The van der Waals surface area contributed by atoms with Crippen molar-refractivity contribution >= 4 is 99.5 Å². The van der Waals surface area contributed by atoms with Crippen LogP contribution in [0.25, 0.3) is 65.4 Å². The topological polar surface area (TPSA) is 56.6 Å². The van der Waals surface area contributed by atoms with E-state index >= 15 is 0 Å². The van der Waals surface area contributed by atoms with Crippen LogP contribution in [-0.4, -0.2) is 0 Å². The Balaban J connectivity index is 1.05. The van der Waals surface area contributed by atoms with Gasteiger partial charge in [0.05, 0.1) is 5.56 Å². The molecular weight excluding hydrogens is 759 g/mol. The molecule has 62 heavy (non-hydrogen) atoms. The van der Waals surface area contributed by atoms with E-state index in [-0.39, 0.29) is 0 Å². The number of fused-ring (bicyclic) bond motifs is 8. The third kappa shape index (κ3) is 5.90. The largest absolute Gasteiger partial charge is 0.456 e. The summed E-state index contributed by atoms with van der Waals surface area (Å²) in [5, 5.41) is 18.6. The van der Waals surface area contributed by atoms with Crippen molar-refractivity contribution in [3.05, 3.63) is 191 Å². The average Bonchev–Trinajstić information content (AvgIpc) is 3.81. The molecular formula is C57H43N3O2. The number of benzene rings is 9. The Kier molecular flexibility index (Phi) is 8.49. The van der Waals surface area contributed by atoms with Crippen LogP contribution < -0.4 is 9.80 Å². The summed E-state index contributed by atoms with van der Waals surface area (Å²) in [4.78, 5) is 4.70. The number of para-hydroxylation sites is 2. The van der Waals surface area contributed by atoms with Crippen LogP contribution in [0.4, 0.5) is 34.1 Å². The van der Waals surface area contributed by atoms with Gasteiger partial charge in [0, 0.05) is 61.7 Å². The van der Waals surface area contributed by atoms with Crippen molar-refractivity contribution in [2.45, 2.75) is 41.5 Å². The second-order valence-corrected chi connectivity index (χ2v) is 16.9. The molecule has 2 aromatic heterocycles. The van der Waals surface area contributed by atoms with Crippen LogP contribution >= 0.6 is 0 Å². The van der Waals surface area contributed by atoms with Crippen LogP contribution in [-0.2, 0) is 0 Å². The maximum absolute atomic E-state index is 10.9. The quantitative estimate of drug-likeness (QED) is 0.168. The lowest BCUT2D eigenvalue weighted by molar-refractivity contribution is 0.656. The van der Waals surface area contributed by atoms with Gasteiger partial charge in [0.25, 0.3) is 0 Å². The van der Waals surface area contributed by atoms with Crippen molar-refractivity contribution in [3.63, 3.8) is 0 Å². The molecule has 0 unspecified atom stereocenters. The highest BCUT2D eigenvalue weighted by atomic mass is 16.3. The zero-order valence-corrected chi connectivity index (χ0v) is 35.6. The molecule has 2 heterocycles. The van der Waals surface area contributed by atoms with Crippen molar-refractivity contribution in [1.82, 2.24) is 0 Å². The summed E-state index contributed by atoms with van der Waals surface area (Å²) < 4.78 is 13.3. The Morgan fingerprint density at radius 2 is 0.823 bits per heavy atom. The Labute approximate surface area is 360 Å². The number of aryl methyl sites for hydroxylation is 6. The molecule has 0 aliphatic heterocycles. The molecule has 0 N–H and O–H groups in total. The van der Waals surface area contributed by atoms with Crippen LogP contribution in [0.3, 0.4) is 0 Å². The van der Waals surface area contributed by atoms with E-state index in [9.17, 15) is 5.26 Å². The molecule has 0 aliphatic rings. The minimum absolute atomic E-state index is 0.559. The smallest absolute Gasteiger partial charge is 0.140 e. The molecule has 5 nitrogen and oxygen atoms in total. The SMILES string of the molecule is Cc1ccc(C)c(N(c2ccc3cc4c(cc3c2)oc2cc3oc5cc6cc(N(c7ccccc7C)c7cc(C)ccc7C)ccc6cc5c3c(C#N)c24)c2ccccc2C)c1. The molecule has 11 aromatic rings. The molecule has 0 radical (unpaired) electrons. The molecule has 0 amide bonds. The normalized spacial score (nSPS) is 11.7. The second kappa shape index (κ2) is 14.1. The number of anilines is 6. The first kappa shape index (κ1) is 37.2. The lowest BCUT2D eigenvalue weighted by atomic mass is 9.98. The molecule has 0 aliphatic carbocycles. The van der Waals surface area contributed by atoms with Crippen molar-refractivity contribution in [3.8, 4) is 6.07 Å². The lowest BCUT2D eigenvalue weighted by Crippen LogP contribution is -2.12. The average molecular weight is 802 g/mol. The van der Waals surface area contributed by atoms with Gasteiger partial charge in [-0.25, -0.2) is 0 Å². The van der Waals surface area contributed by atoms with Gasteiger partial charge in [0.15, 0.2) is 0 Å². The van der Waals surface area contributed by atoms with Crippen LogP contribution in [0.15, 0.2) is 160 Å². The van der Waals surface area contributed by atoms with Gasteiger partial charge >= 0.3 is 0 Å². The summed E-state index contributed by atoms with van der Waals surface area (Å²) in [5.74, 6) is 0. The summed E-state index contributed by atoms with van der Waals surface area (Å²) in [6.45, 7) is 12.9. The number of nitrogens with zero attached hydrogens (tertiary/aromatic N) is 3. The Morgan fingerprint density at radius 1 is 0.387 bits per heavy atom. The van der Waals surface area contributed by atoms with Crippen molar-refractivity contribution in [2.24, 2.45) is 0 Å². The van der Waals surface area contributed by atoms with Crippen LogP contribution in [0.2, 0.25) is 0 Å². The fourth-order valence-electron chi connectivity index (χ4n) is 9.41. The highest BCUT2D eigenvalue weighted by Gasteiger charge is 2.23. The van der Waals surface area contributed by atoms with Crippen molar-refractivity contribution in [2.75, 3.05) is 9.80 Å². The molecule has 298 valence electrons. The minimum atomic E-state index is 0.559. The summed E-state index contributed by atoms with van der Waals surface area (Å²) in [6, 6.07) is 56.5. The van der Waals surface area contributed by atoms with E-state index in [2.05, 4.69) is 203 Å². The second-order valence-electron chi connectivity index (χ2n) is 16.9. The molecule has 11 rings (SSSR count). The lowest BCUT2D eigenvalue weighted by Gasteiger charge is -2.29. The first-order valence-corrected chi connectivity index (χ1v) is 21.1. The summed E-state index contributed by atoms with van der Waals surface area (Å²) in [6.07, 6.45) is 0. The van der Waals surface area contributed by atoms with Gasteiger partial charge in [-0.1, -0.05) is 72.8 Å². The summed E-state index contributed by atoms with van der Waals surface area (Å²) in [7, 11) is 0. The maximum Gasteiger partial charge on any atom is 0.140 e. The first-order chi connectivity index (χ1) is 30.1. The highest BCUT2D eigenvalue weighted by molar-refractivity contribution is 6.22. The minimum Gasteiger partial charge on any atom is -0.456 e. The van der Waals surface area contributed by atoms with E-state index in [1.165, 1.54) is 33.4 Å². The van der Waals surface area contributed by atoms with E-state index < -0.39 is 0 Å². The van der Waals surface area contributed by atoms with Gasteiger partial charge in [-0.2, -0.15) is 5.26 Å². The number of hydrogen-bond acceptors (Lipinski definition) is 5. The zero-order valence-electron chi connectivity index (χ0n) is 35.6. The maximum atomic E-state index is 10.9. The summed E-state index contributed by atoms with van der Waals surface area (Å²) >= 11 is 0. The van der Waals surface area contributed by atoms with E-state index in [1.54, 1.807) is 0 Å². The zero-order chi connectivity index (χ0) is 42.4. The van der Waals surface area contributed by atoms with E-state index in [4.69, 9.17) is 8.83 Å². The standard InChI is InChI=1S/C57H43N3O2/c1-33-15-17-37(5)50(23-33)59(48-13-9-7-11-35(48)3)43-21-19-39-27-45-52(29-41(39)25-43)61-54-31-55-57(47(32-58)56(45)54)46-28-40-20-22-44(26-42(40)30-53(46)62-55)60(49-14-10-8-12-36(49)4)51-24-34(2)16-18-38(51)6/h7-31H,1-6H3. The van der Waals surface area contributed by atoms with Crippen molar-refractivity contribution in [1.29, 1.82) is 5.26 Å². The van der Waals surface area contributed by atoms with Gasteiger partial charge in [0.1, 0.15) is 28.4 Å². The van der Waals surface area contributed by atoms with Crippen LogP contribution in [0.1, 0.15) is 38.9 Å².